The molecule has 0 N–H and O–H groups in total. The third-order valence-electron chi connectivity index (χ3n) is 3.26. The van der Waals surface area contributed by atoms with E-state index in [0.717, 1.165) is 29.5 Å². The van der Waals surface area contributed by atoms with Crippen molar-refractivity contribution in [2.24, 2.45) is 0 Å². The van der Waals surface area contributed by atoms with Crippen LogP contribution in [0.25, 0.3) is 6.08 Å². The van der Waals surface area contributed by atoms with Crippen LogP contribution in [0.3, 0.4) is 0 Å². The lowest BCUT2D eigenvalue weighted by atomic mass is 9.89. The number of carbonyl (C=O) groups is 1. The maximum absolute atomic E-state index is 12.4. The fraction of sp³-hybridized carbons (Fsp3) is 0.125. The SMILES string of the molecule is O=C1/C(=C\c2ccccc2)CCc2ccc(Cl)nc21. The standard InChI is InChI=1S/C16H12ClNO/c17-14-9-8-12-6-7-13(16(19)15(12)18-14)10-11-4-2-1-3-5-11/h1-5,8-10H,6-7H2/b13-10-. The van der Waals surface area contributed by atoms with Gasteiger partial charge in [0.15, 0.2) is 0 Å². The summed E-state index contributed by atoms with van der Waals surface area (Å²) >= 11 is 5.87. The Morgan fingerprint density at radius 2 is 1.84 bits per heavy atom. The van der Waals surface area contributed by atoms with Gasteiger partial charge in [0.25, 0.3) is 0 Å². The number of aromatic nitrogens is 1. The van der Waals surface area contributed by atoms with Gasteiger partial charge in [-0.3, -0.25) is 4.79 Å². The quantitative estimate of drug-likeness (QED) is 0.580. The van der Waals surface area contributed by atoms with Crippen molar-refractivity contribution in [2.45, 2.75) is 12.8 Å². The highest BCUT2D eigenvalue weighted by molar-refractivity contribution is 6.29. The number of nitrogens with zero attached hydrogens (tertiary/aromatic N) is 1. The number of carbonyl (C=O) groups excluding carboxylic acids is 1. The van der Waals surface area contributed by atoms with E-state index in [2.05, 4.69) is 4.98 Å². The highest BCUT2D eigenvalue weighted by atomic mass is 35.5. The molecular weight excluding hydrogens is 258 g/mol. The van der Waals surface area contributed by atoms with Crippen LogP contribution in [0.5, 0.6) is 0 Å². The highest BCUT2D eigenvalue weighted by Gasteiger charge is 2.23. The minimum Gasteiger partial charge on any atom is -0.287 e. The minimum absolute atomic E-state index is 0.00685. The Bertz CT molecular complexity index is 662. The number of halogens is 1. The second-order valence-corrected chi connectivity index (χ2v) is 4.94. The molecule has 1 aliphatic rings. The summed E-state index contributed by atoms with van der Waals surface area (Å²) in [6.07, 6.45) is 3.53. The predicted molar refractivity (Wildman–Crippen MR) is 76.3 cm³/mol. The van der Waals surface area contributed by atoms with Crippen molar-refractivity contribution in [1.82, 2.24) is 4.98 Å². The average molecular weight is 270 g/mol. The summed E-state index contributed by atoms with van der Waals surface area (Å²) in [4.78, 5) is 16.5. The van der Waals surface area contributed by atoms with Gasteiger partial charge in [-0.05, 0) is 36.1 Å². The number of allylic oxidation sites excluding steroid dienone is 1. The highest BCUT2D eigenvalue weighted by Crippen LogP contribution is 2.26. The van der Waals surface area contributed by atoms with Crippen molar-refractivity contribution in [3.63, 3.8) is 0 Å². The first-order valence-corrected chi connectivity index (χ1v) is 6.57. The number of ketones is 1. The van der Waals surface area contributed by atoms with Crippen molar-refractivity contribution in [3.05, 3.63) is 70.0 Å². The van der Waals surface area contributed by atoms with Crippen LogP contribution < -0.4 is 0 Å². The molecule has 0 unspecified atom stereocenters. The lowest BCUT2D eigenvalue weighted by molar-refractivity contribution is 0.102. The van der Waals surface area contributed by atoms with Crippen LogP contribution in [-0.2, 0) is 6.42 Å². The maximum Gasteiger partial charge on any atom is 0.207 e. The van der Waals surface area contributed by atoms with E-state index in [1.807, 2.05) is 42.5 Å². The average Bonchev–Trinajstić information content (AvgIpc) is 2.44. The van der Waals surface area contributed by atoms with Gasteiger partial charge in [0.1, 0.15) is 10.8 Å². The summed E-state index contributed by atoms with van der Waals surface area (Å²) < 4.78 is 0. The summed E-state index contributed by atoms with van der Waals surface area (Å²) in [5, 5.41) is 0.369. The molecule has 0 aliphatic heterocycles. The number of hydrogen-bond donors (Lipinski definition) is 0. The fourth-order valence-corrected chi connectivity index (χ4v) is 2.43. The third kappa shape index (κ3) is 2.45. The van der Waals surface area contributed by atoms with E-state index in [1.165, 1.54) is 0 Å². The normalized spacial score (nSPS) is 16.5. The predicted octanol–water partition coefficient (Wildman–Crippen LogP) is 3.95. The first-order valence-electron chi connectivity index (χ1n) is 6.20. The van der Waals surface area contributed by atoms with Crippen molar-refractivity contribution in [3.8, 4) is 0 Å². The van der Waals surface area contributed by atoms with Crippen LogP contribution in [0, 0.1) is 0 Å². The number of Topliss-reactive ketones (excluding diaryl/α,β-unsaturated/α-hetero) is 1. The minimum atomic E-state index is -0.00685. The molecule has 0 saturated heterocycles. The third-order valence-corrected chi connectivity index (χ3v) is 3.47. The van der Waals surface area contributed by atoms with E-state index >= 15 is 0 Å². The molecule has 0 saturated carbocycles. The van der Waals surface area contributed by atoms with E-state index in [9.17, 15) is 4.79 Å². The summed E-state index contributed by atoms with van der Waals surface area (Å²) in [7, 11) is 0. The Labute approximate surface area is 116 Å². The molecule has 0 bridgehead atoms. The van der Waals surface area contributed by atoms with Gasteiger partial charge in [-0.15, -0.1) is 0 Å². The smallest absolute Gasteiger partial charge is 0.207 e. The van der Waals surface area contributed by atoms with Gasteiger partial charge in [-0.2, -0.15) is 0 Å². The van der Waals surface area contributed by atoms with E-state index in [1.54, 1.807) is 6.07 Å². The Morgan fingerprint density at radius 3 is 2.63 bits per heavy atom. The van der Waals surface area contributed by atoms with Crippen LogP contribution in [0.15, 0.2) is 48.0 Å². The number of fused-ring (bicyclic) bond motifs is 1. The monoisotopic (exact) mass is 269 g/mol. The summed E-state index contributed by atoms with van der Waals surface area (Å²) in [5.74, 6) is -0.00685. The van der Waals surface area contributed by atoms with Gasteiger partial charge < -0.3 is 0 Å². The molecule has 2 nitrogen and oxygen atoms in total. The zero-order valence-corrected chi connectivity index (χ0v) is 11.0. The Balaban J connectivity index is 2.00. The lowest BCUT2D eigenvalue weighted by Crippen LogP contribution is -2.16. The Hall–Kier alpha value is -1.93. The van der Waals surface area contributed by atoms with E-state index in [4.69, 9.17) is 11.6 Å². The molecule has 2 aromatic rings. The fourth-order valence-electron chi connectivity index (χ4n) is 2.29. The molecule has 1 aromatic carbocycles. The van der Waals surface area contributed by atoms with E-state index in [0.29, 0.717) is 10.8 Å². The summed E-state index contributed by atoms with van der Waals surface area (Å²) in [6.45, 7) is 0. The summed E-state index contributed by atoms with van der Waals surface area (Å²) in [6, 6.07) is 13.5. The number of aryl methyl sites for hydroxylation is 1. The van der Waals surface area contributed by atoms with Crippen LogP contribution in [0.1, 0.15) is 28.0 Å². The number of hydrogen-bond acceptors (Lipinski definition) is 2. The topological polar surface area (TPSA) is 30.0 Å². The van der Waals surface area contributed by atoms with Crippen molar-refractivity contribution < 1.29 is 4.79 Å². The number of pyridine rings is 1. The van der Waals surface area contributed by atoms with Crippen LogP contribution in [0.4, 0.5) is 0 Å². The molecule has 0 amide bonds. The second-order valence-electron chi connectivity index (χ2n) is 4.55. The first-order chi connectivity index (χ1) is 9.24. The van der Waals surface area contributed by atoms with Gasteiger partial charge in [0.05, 0.1) is 0 Å². The van der Waals surface area contributed by atoms with Crippen molar-refractivity contribution >= 4 is 23.5 Å². The molecule has 0 radical (unpaired) electrons. The second kappa shape index (κ2) is 4.98. The molecule has 1 aliphatic carbocycles. The van der Waals surface area contributed by atoms with Crippen LogP contribution in [-0.4, -0.2) is 10.8 Å². The van der Waals surface area contributed by atoms with Crippen LogP contribution >= 0.6 is 11.6 Å². The van der Waals surface area contributed by atoms with E-state index in [-0.39, 0.29) is 5.78 Å². The first kappa shape index (κ1) is 12.1. The van der Waals surface area contributed by atoms with Crippen LogP contribution in [0.2, 0.25) is 5.15 Å². The van der Waals surface area contributed by atoms with Gasteiger partial charge in [0.2, 0.25) is 5.78 Å². The summed E-state index contributed by atoms with van der Waals surface area (Å²) in [5.41, 5.74) is 3.32. The molecule has 3 heteroatoms. The molecule has 0 atom stereocenters. The zero-order valence-electron chi connectivity index (χ0n) is 10.3. The van der Waals surface area contributed by atoms with Gasteiger partial charge in [0, 0.05) is 5.57 Å². The number of rotatable bonds is 1. The molecule has 94 valence electrons. The molecule has 1 aromatic heterocycles. The largest absolute Gasteiger partial charge is 0.287 e. The van der Waals surface area contributed by atoms with E-state index < -0.39 is 0 Å². The van der Waals surface area contributed by atoms with Gasteiger partial charge in [-0.25, -0.2) is 4.98 Å². The van der Waals surface area contributed by atoms with Crippen molar-refractivity contribution in [2.75, 3.05) is 0 Å². The van der Waals surface area contributed by atoms with Gasteiger partial charge in [-0.1, -0.05) is 48.0 Å². The molecule has 0 spiro atoms. The number of benzene rings is 1. The molecule has 19 heavy (non-hydrogen) atoms. The Morgan fingerprint density at radius 1 is 1.05 bits per heavy atom. The van der Waals surface area contributed by atoms with Gasteiger partial charge >= 0.3 is 0 Å². The lowest BCUT2D eigenvalue weighted by Gasteiger charge is -2.16. The zero-order chi connectivity index (χ0) is 13.2. The molecule has 3 rings (SSSR count). The Kier molecular flexibility index (Phi) is 3.18. The molecule has 1 heterocycles. The van der Waals surface area contributed by atoms with Crippen molar-refractivity contribution in [1.29, 1.82) is 0 Å². The maximum atomic E-state index is 12.4. The molecular formula is C16H12ClNO. The molecule has 0 fully saturated rings.